The van der Waals surface area contributed by atoms with Crippen LogP contribution in [0.3, 0.4) is 0 Å². The molecule has 4 nitrogen and oxygen atoms in total. The fraction of sp³-hybridized carbons (Fsp3) is 0.842. The van der Waals surface area contributed by atoms with Crippen LogP contribution in [0.1, 0.15) is 82.1 Å². The zero-order valence-electron chi connectivity index (χ0n) is 16.5. The number of ether oxygens (including phenoxy) is 1. The Labute approximate surface area is 142 Å². The summed E-state index contributed by atoms with van der Waals surface area (Å²) < 4.78 is 5.47. The SMILES string of the molecule is CCCC(C)(C)OOC(C)(C)C#CC(C)(OC(C)=O)C(C)(C)C. The second-order valence-electron chi connectivity index (χ2n) is 8.31. The molecule has 1 atom stereocenters. The molecular formula is C19H34O4. The molecule has 0 aliphatic carbocycles. The summed E-state index contributed by atoms with van der Waals surface area (Å²) in [5.74, 6) is 5.78. The highest BCUT2D eigenvalue weighted by atomic mass is 17.2. The van der Waals surface area contributed by atoms with Crippen molar-refractivity contribution >= 4 is 5.97 Å². The Bertz CT molecular complexity index is 460. The second kappa shape index (κ2) is 7.68. The lowest BCUT2D eigenvalue weighted by molar-refractivity contribution is -0.389. The van der Waals surface area contributed by atoms with E-state index in [9.17, 15) is 4.79 Å². The Hall–Kier alpha value is -1.05. The van der Waals surface area contributed by atoms with Crippen LogP contribution in [0.4, 0.5) is 0 Å². The Kier molecular flexibility index (Phi) is 7.33. The third-order valence-corrected chi connectivity index (χ3v) is 3.71. The molecule has 0 amide bonds. The van der Waals surface area contributed by atoms with Crippen LogP contribution in [0.25, 0.3) is 0 Å². The molecule has 0 saturated heterocycles. The van der Waals surface area contributed by atoms with Crippen molar-refractivity contribution in [2.75, 3.05) is 0 Å². The van der Waals surface area contributed by atoms with Gasteiger partial charge in [-0.15, -0.1) is 0 Å². The van der Waals surface area contributed by atoms with Gasteiger partial charge >= 0.3 is 5.97 Å². The maximum atomic E-state index is 11.4. The first kappa shape index (κ1) is 21.9. The zero-order valence-corrected chi connectivity index (χ0v) is 16.5. The summed E-state index contributed by atoms with van der Waals surface area (Å²) in [5, 5.41) is 0. The minimum atomic E-state index is -0.904. The molecule has 4 heteroatoms. The van der Waals surface area contributed by atoms with Crippen molar-refractivity contribution in [3.05, 3.63) is 0 Å². The summed E-state index contributed by atoms with van der Waals surface area (Å²) in [6.45, 7) is 18.9. The Morgan fingerprint density at radius 2 is 1.43 bits per heavy atom. The summed E-state index contributed by atoms with van der Waals surface area (Å²) in [7, 11) is 0. The lowest BCUT2D eigenvalue weighted by Crippen LogP contribution is -2.43. The fourth-order valence-corrected chi connectivity index (χ4v) is 1.80. The van der Waals surface area contributed by atoms with Crippen molar-refractivity contribution in [2.24, 2.45) is 5.41 Å². The van der Waals surface area contributed by atoms with E-state index < -0.39 is 11.2 Å². The molecule has 23 heavy (non-hydrogen) atoms. The Morgan fingerprint density at radius 3 is 1.83 bits per heavy atom. The monoisotopic (exact) mass is 326 g/mol. The van der Waals surface area contributed by atoms with Gasteiger partial charge in [0.2, 0.25) is 0 Å². The third-order valence-electron chi connectivity index (χ3n) is 3.71. The van der Waals surface area contributed by atoms with Gasteiger partial charge in [-0.3, -0.25) is 4.79 Å². The maximum absolute atomic E-state index is 11.4. The molecule has 1 unspecified atom stereocenters. The van der Waals surface area contributed by atoms with Crippen LogP contribution in [0.5, 0.6) is 0 Å². The largest absolute Gasteiger partial charge is 0.446 e. The number of hydrogen-bond donors (Lipinski definition) is 0. The van der Waals surface area contributed by atoms with Gasteiger partial charge in [0.15, 0.2) is 11.2 Å². The molecule has 0 aromatic carbocycles. The van der Waals surface area contributed by atoms with E-state index in [2.05, 4.69) is 18.8 Å². The van der Waals surface area contributed by atoms with E-state index in [0.29, 0.717) is 0 Å². The lowest BCUT2D eigenvalue weighted by Gasteiger charge is -2.37. The number of carbonyl (C=O) groups excluding carboxylic acids is 1. The third kappa shape index (κ3) is 7.85. The summed E-state index contributed by atoms with van der Waals surface area (Å²) in [5.41, 5.74) is -2.41. The van der Waals surface area contributed by atoms with Crippen LogP contribution in [-0.4, -0.2) is 22.8 Å². The molecule has 0 rings (SSSR count). The molecule has 0 heterocycles. The van der Waals surface area contributed by atoms with Gasteiger partial charge in [0.05, 0.1) is 5.60 Å². The van der Waals surface area contributed by atoms with E-state index in [1.807, 2.05) is 55.4 Å². The molecular weight excluding hydrogens is 292 g/mol. The van der Waals surface area contributed by atoms with Crippen LogP contribution >= 0.6 is 0 Å². The average Bonchev–Trinajstić information content (AvgIpc) is 2.32. The van der Waals surface area contributed by atoms with Gasteiger partial charge in [-0.05, 0) is 41.0 Å². The minimum Gasteiger partial charge on any atom is -0.446 e. The first-order valence-electron chi connectivity index (χ1n) is 8.25. The lowest BCUT2D eigenvalue weighted by atomic mass is 9.77. The van der Waals surface area contributed by atoms with E-state index in [1.54, 1.807) is 0 Å². The second-order valence-corrected chi connectivity index (χ2v) is 8.31. The highest BCUT2D eigenvalue weighted by Crippen LogP contribution is 2.33. The highest BCUT2D eigenvalue weighted by Gasteiger charge is 2.39. The quantitative estimate of drug-likeness (QED) is 0.308. The number of esters is 1. The van der Waals surface area contributed by atoms with Crippen molar-refractivity contribution < 1.29 is 19.3 Å². The number of hydrogen-bond acceptors (Lipinski definition) is 4. The molecule has 0 spiro atoms. The Morgan fingerprint density at radius 1 is 0.913 bits per heavy atom. The fourth-order valence-electron chi connectivity index (χ4n) is 1.80. The molecule has 0 N–H and O–H groups in total. The van der Waals surface area contributed by atoms with E-state index in [0.717, 1.165) is 12.8 Å². The van der Waals surface area contributed by atoms with Crippen LogP contribution in [0.15, 0.2) is 0 Å². The van der Waals surface area contributed by atoms with Crippen molar-refractivity contribution in [3.63, 3.8) is 0 Å². The maximum Gasteiger partial charge on any atom is 0.304 e. The predicted molar refractivity (Wildman–Crippen MR) is 92.6 cm³/mol. The smallest absolute Gasteiger partial charge is 0.304 e. The molecule has 0 aliphatic rings. The molecule has 0 saturated carbocycles. The van der Waals surface area contributed by atoms with Crippen LogP contribution in [-0.2, 0) is 19.3 Å². The van der Waals surface area contributed by atoms with Gasteiger partial charge in [0.1, 0.15) is 0 Å². The van der Waals surface area contributed by atoms with E-state index in [4.69, 9.17) is 14.5 Å². The van der Waals surface area contributed by atoms with E-state index >= 15 is 0 Å². The van der Waals surface area contributed by atoms with E-state index in [1.165, 1.54) is 6.92 Å². The van der Waals surface area contributed by atoms with Crippen LogP contribution in [0.2, 0.25) is 0 Å². The summed E-state index contributed by atoms with van der Waals surface area (Å²) in [6, 6.07) is 0. The standard InChI is InChI=1S/C19H34O4/c1-11-12-17(6,7)22-23-18(8,9)13-14-19(10,16(3,4)5)21-15(2)20/h11-12H2,1-10H3. The molecule has 0 aliphatic heterocycles. The molecule has 0 aromatic rings. The van der Waals surface area contributed by atoms with Gasteiger partial charge in [-0.1, -0.05) is 46.0 Å². The Balaban J connectivity index is 5.19. The van der Waals surface area contributed by atoms with Crippen molar-refractivity contribution in [2.45, 2.75) is 98.9 Å². The average molecular weight is 326 g/mol. The highest BCUT2D eigenvalue weighted by molar-refractivity contribution is 5.67. The van der Waals surface area contributed by atoms with Crippen molar-refractivity contribution in [1.29, 1.82) is 0 Å². The van der Waals surface area contributed by atoms with Gasteiger partial charge in [0.25, 0.3) is 0 Å². The van der Waals surface area contributed by atoms with Gasteiger partial charge in [-0.25, -0.2) is 9.78 Å². The van der Waals surface area contributed by atoms with Crippen molar-refractivity contribution in [1.82, 2.24) is 0 Å². The first-order valence-corrected chi connectivity index (χ1v) is 8.25. The predicted octanol–water partition coefficient (Wildman–Crippen LogP) is 4.66. The summed E-state index contributed by atoms with van der Waals surface area (Å²) in [4.78, 5) is 22.5. The van der Waals surface area contributed by atoms with Gasteiger partial charge in [0, 0.05) is 12.3 Å². The first-order chi connectivity index (χ1) is 10.1. The normalized spacial score (nSPS) is 15.4. The molecule has 0 fully saturated rings. The van der Waals surface area contributed by atoms with E-state index in [-0.39, 0.29) is 17.0 Å². The molecule has 0 radical (unpaired) electrons. The molecule has 0 aromatic heterocycles. The molecule has 134 valence electrons. The zero-order chi connectivity index (χ0) is 18.5. The topological polar surface area (TPSA) is 44.8 Å². The van der Waals surface area contributed by atoms with Gasteiger partial charge < -0.3 is 4.74 Å². The number of rotatable bonds is 6. The van der Waals surface area contributed by atoms with Crippen LogP contribution in [0, 0.1) is 17.3 Å². The van der Waals surface area contributed by atoms with Crippen LogP contribution < -0.4 is 0 Å². The van der Waals surface area contributed by atoms with Crippen molar-refractivity contribution in [3.8, 4) is 11.8 Å². The molecule has 0 bridgehead atoms. The summed E-state index contributed by atoms with van der Waals surface area (Å²) in [6.07, 6.45) is 1.90. The number of carbonyl (C=O) groups is 1. The van der Waals surface area contributed by atoms with Gasteiger partial charge in [-0.2, -0.15) is 0 Å². The minimum absolute atomic E-state index is 0.329. The summed E-state index contributed by atoms with van der Waals surface area (Å²) >= 11 is 0.